The van der Waals surface area contributed by atoms with Crippen molar-refractivity contribution in [1.82, 2.24) is 15.5 Å². The molecule has 0 radical (unpaired) electrons. The predicted molar refractivity (Wildman–Crippen MR) is 60.2 cm³/mol. The van der Waals surface area contributed by atoms with Gasteiger partial charge < -0.3 is 14.9 Å². The summed E-state index contributed by atoms with van der Waals surface area (Å²) < 4.78 is 4.61. The molecule has 6 heteroatoms. The van der Waals surface area contributed by atoms with E-state index in [1.807, 2.05) is 17.5 Å². The normalized spacial score (nSPS) is 12.8. The maximum atomic E-state index is 9.76. The van der Waals surface area contributed by atoms with E-state index < -0.39 is 6.10 Å². The zero-order valence-corrected chi connectivity index (χ0v) is 9.48. The topological polar surface area (TPSA) is 71.2 Å². The van der Waals surface area contributed by atoms with Gasteiger partial charge in [-0.25, -0.2) is 0 Å². The first-order valence-corrected chi connectivity index (χ1v) is 5.91. The van der Waals surface area contributed by atoms with Crippen LogP contribution in [0.5, 0.6) is 0 Å². The van der Waals surface area contributed by atoms with Gasteiger partial charge in [-0.1, -0.05) is 11.2 Å². The Hall–Kier alpha value is -1.24. The minimum Gasteiger partial charge on any atom is -0.386 e. The molecule has 1 unspecified atom stereocenters. The highest BCUT2D eigenvalue weighted by Gasteiger charge is 2.07. The van der Waals surface area contributed by atoms with Crippen molar-refractivity contribution < 1.29 is 9.63 Å². The molecule has 0 aliphatic heterocycles. The van der Waals surface area contributed by atoms with Gasteiger partial charge in [-0.2, -0.15) is 4.98 Å². The molecule has 0 spiro atoms. The Morgan fingerprint density at radius 1 is 1.56 bits per heavy atom. The Kier molecular flexibility index (Phi) is 4.03. The van der Waals surface area contributed by atoms with Crippen molar-refractivity contribution >= 4 is 11.3 Å². The summed E-state index contributed by atoms with van der Waals surface area (Å²) >= 11 is 1.56. The predicted octanol–water partition coefficient (Wildman–Crippen LogP) is 0.997. The number of aliphatic hydroxyl groups is 1. The molecule has 0 bridgehead atoms. The third kappa shape index (κ3) is 3.13. The van der Waals surface area contributed by atoms with E-state index in [1.54, 1.807) is 11.3 Å². The lowest BCUT2D eigenvalue weighted by Crippen LogP contribution is -2.23. The van der Waals surface area contributed by atoms with Gasteiger partial charge in [0.25, 0.3) is 0 Å². The molecule has 5 nitrogen and oxygen atoms in total. The van der Waals surface area contributed by atoms with Crippen molar-refractivity contribution in [3.05, 3.63) is 34.6 Å². The van der Waals surface area contributed by atoms with E-state index in [1.165, 1.54) is 6.39 Å². The zero-order chi connectivity index (χ0) is 11.2. The van der Waals surface area contributed by atoms with Gasteiger partial charge >= 0.3 is 0 Å². The maximum Gasteiger partial charge on any atom is 0.213 e. The van der Waals surface area contributed by atoms with Crippen LogP contribution in [0.25, 0.3) is 0 Å². The first-order chi connectivity index (χ1) is 7.86. The smallest absolute Gasteiger partial charge is 0.213 e. The first kappa shape index (κ1) is 11.3. The zero-order valence-electron chi connectivity index (χ0n) is 8.67. The lowest BCUT2D eigenvalue weighted by Gasteiger charge is -2.08. The van der Waals surface area contributed by atoms with Gasteiger partial charge in [-0.05, 0) is 11.4 Å². The average Bonchev–Trinajstić information content (AvgIpc) is 2.96. The van der Waals surface area contributed by atoms with Crippen LogP contribution in [-0.2, 0) is 6.42 Å². The molecule has 86 valence electrons. The summed E-state index contributed by atoms with van der Waals surface area (Å²) in [5.41, 5.74) is 0. The van der Waals surface area contributed by atoms with Crippen LogP contribution in [0.2, 0.25) is 0 Å². The number of aliphatic hydroxyl groups excluding tert-OH is 1. The van der Waals surface area contributed by atoms with Crippen molar-refractivity contribution in [2.24, 2.45) is 0 Å². The largest absolute Gasteiger partial charge is 0.386 e. The van der Waals surface area contributed by atoms with Crippen LogP contribution in [0.15, 0.2) is 28.4 Å². The molecule has 0 amide bonds. The number of nitrogens with zero attached hydrogens (tertiary/aromatic N) is 2. The van der Waals surface area contributed by atoms with Gasteiger partial charge in [0, 0.05) is 24.4 Å². The SMILES string of the molecule is OC(CNCCc1ncon1)c1cccs1. The van der Waals surface area contributed by atoms with Crippen molar-refractivity contribution in [2.45, 2.75) is 12.5 Å². The Morgan fingerprint density at radius 3 is 3.19 bits per heavy atom. The molecule has 0 fully saturated rings. The number of rotatable bonds is 6. The quantitative estimate of drug-likeness (QED) is 0.736. The van der Waals surface area contributed by atoms with Gasteiger partial charge in [0.15, 0.2) is 5.82 Å². The maximum absolute atomic E-state index is 9.76. The van der Waals surface area contributed by atoms with Crippen molar-refractivity contribution in [3.8, 4) is 0 Å². The monoisotopic (exact) mass is 239 g/mol. The lowest BCUT2D eigenvalue weighted by atomic mass is 10.3. The Labute approximate surface area is 97.1 Å². The fourth-order valence-corrected chi connectivity index (χ4v) is 2.03. The van der Waals surface area contributed by atoms with Crippen LogP contribution < -0.4 is 5.32 Å². The number of aromatic nitrogens is 2. The highest BCUT2D eigenvalue weighted by Crippen LogP contribution is 2.17. The molecule has 16 heavy (non-hydrogen) atoms. The van der Waals surface area contributed by atoms with Gasteiger partial charge in [0.2, 0.25) is 6.39 Å². The summed E-state index contributed by atoms with van der Waals surface area (Å²) in [4.78, 5) is 4.88. The molecule has 0 saturated carbocycles. The van der Waals surface area contributed by atoms with Crippen LogP contribution in [0.1, 0.15) is 16.8 Å². The molecule has 2 rings (SSSR count). The second kappa shape index (κ2) is 5.74. The molecule has 2 aromatic rings. The number of thiophene rings is 1. The van der Waals surface area contributed by atoms with Crippen molar-refractivity contribution in [2.75, 3.05) is 13.1 Å². The highest BCUT2D eigenvalue weighted by molar-refractivity contribution is 7.10. The summed E-state index contributed by atoms with van der Waals surface area (Å²) in [6.07, 6.45) is 1.58. The summed E-state index contributed by atoms with van der Waals surface area (Å²) in [6.45, 7) is 1.26. The summed E-state index contributed by atoms with van der Waals surface area (Å²) in [7, 11) is 0. The number of hydrogen-bond donors (Lipinski definition) is 2. The molecule has 0 aliphatic carbocycles. The molecule has 0 aromatic carbocycles. The summed E-state index contributed by atoms with van der Waals surface area (Å²) in [6, 6.07) is 3.86. The fourth-order valence-electron chi connectivity index (χ4n) is 1.32. The molecule has 0 aliphatic rings. The molecule has 1 atom stereocenters. The molecular formula is C10H13N3O2S. The van der Waals surface area contributed by atoms with Gasteiger partial charge in [0.05, 0.1) is 0 Å². The standard InChI is InChI=1S/C10H13N3O2S/c14-8(9-2-1-5-16-9)6-11-4-3-10-12-7-15-13-10/h1-2,5,7-8,11,14H,3-4,6H2. The third-order valence-corrected chi connectivity index (χ3v) is 3.12. The minimum absolute atomic E-state index is 0.440. The van der Waals surface area contributed by atoms with Crippen molar-refractivity contribution in [3.63, 3.8) is 0 Å². The van der Waals surface area contributed by atoms with Crippen LogP contribution >= 0.6 is 11.3 Å². The molecule has 0 saturated heterocycles. The molecule has 2 N–H and O–H groups in total. The minimum atomic E-state index is -0.440. The van der Waals surface area contributed by atoms with E-state index in [9.17, 15) is 5.11 Å². The van der Waals surface area contributed by atoms with Crippen LogP contribution in [0.3, 0.4) is 0 Å². The van der Waals surface area contributed by atoms with E-state index in [0.29, 0.717) is 18.8 Å². The van der Waals surface area contributed by atoms with Crippen LogP contribution in [0, 0.1) is 0 Å². The van der Waals surface area contributed by atoms with Gasteiger partial charge in [0.1, 0.15) is 6.10 Å². The van der Waals surface area contributed by atoms with E-state index >= 15 is 0 Å². The van der Waals surface area contributed by atoms with Gasteiger partial charge in [-0.15, -0.1) is 11.3 Å². The third-order valence-electron chi connectivity index (χ3n) is 2.14. The molecular weight excluding hydrogens is 226 g/mol. The fraction of sp³-hybridized carbons (Fsp3) is 0.400. The Bertz CT molecular complexity index is 388. The average molecular weight is 239 g/mol. The highest BCUT2D eigenvalue weighted by atomic mass is 32.1. The van der Waals surface area contributed by atoms with Crippen molar-refractivity contribution in [1.29, 1.82) is 0 Å². The van der Waals surface area contributed by atoms with E-state index in [4.69, 9.17) is 0 Å². The van der Waals surface area contributed by atoms with Crippen LogP contribution in [-0.4, -0.2) is 28.3 Å². The number of nitrogens with one attached hydrogen (secondary N) is 1. The Morgan fingerprint density at radius 2 is 2.50 bits per heavy atom. The van der Waals surface area contributed by atoms with E-state index in [0.717, 1.165) is 11.4 Å². The van der Waals surface area contributed by atoms with Crippen LogP contribution in [0.4, 0.5) is 0 Å². The molecule has 2 heterocycles. The summed E-state index contributed by atoms with van der Waals surface area (Å²) in [5, 5.41) is 18.6. The second-order valence-electron chi connectivity index (χ2n) is 3.33. The second-order valence-corrected chi connectivity index (χ2v) is 4.31. The van der Waals surface area contributed by atoms with E-state index in [-0.39, 0.29) is 0 Å². The molecule has 2 aromatic heterocycles. The Balaban J connectivity index is 1.65. The van der Waals surface area contributed by atoms with Gasteiger partial charge in [-0.3, -0.25) is 0 Å². The first-order valence-electron chi connectivity index (χ1n) is 5.03. The lowest BCUT2D eigenvalue weighted by molar-refractivity contribution is 0.178. The number of hydrogen-bond acceptors (Lipinski definition) is 6. The summed E-state index contributed by atoms with van der Waals surface area (Å²) in [5.74, 6) is 0.679. The van der Waals surface area contributed by atoms with E-state index in [2.05, 4.69) is 20.0 Å².